The fourth-order valence-electron chi connectivity index (χ4n) is 3.59. The third-order valence-corrected chi connectivity index (χ3v) is 5.33. The quantitative estimate of drug-likeness (QED) is 0.753. The molecule has 5 heteroatoms. The number of nitrogens with one attached hydrogen (secondary N) is 1. The van der Waals surface area contributed by atoms with Crippen LogP contribution in [0, 0.1) is 0 Å². The molecule has 0 aliphatic heterocycles. The number of ketones is 1. The van der Waals surface area contributed by atoms with E-state index in [2.05, 4.69) is 5.32 Å². The van der Waals surface area contributed by atoms with Crippen LogP contribution in [-0.4, -0.2) is 28.9 Å². The van der Waals surface area contributed by atoms with Crippen LogP contribution in [-0.2, 0) is 0 Å². The third kappa shape index (κ3) is 4.48. The summed E-state index contributed by atoms with van der Waals surface area (Å²) in [5, 5.41) is 12.7. The molecule has 1 atom stereocenters. The zero-order valence-corrected chi connectivity index (χ0v) is 15.9. The maximum absolute atomic E-state index is 12.9. The summed E-state index contributed by atoms with van der Waals surface area (Å²) in [5.74, 6) is 0.286. The van der Waals surface area contributed by atoms with E-state index in [1.54, 1.807) is 13.0 Å². The van der Waals surface area contributed by atoms with Crippen molar-refractivity contribution in [1.29, 1.82) is 0 Å². The first-order valence-corrected chi connectivity index (χ1v) is 9.70. The van der Waals surface area contributed by atoms with E-state index in [-0.39, 0.29) is 35.5 Å². The van der Waals surface area contributed by atoms with Gasteiger partial charge < -0.3 is 14.8 Å². The standard InChI is InChI=1S/C22H27NO4/c1-3-19(25)20-13-18(22(26)23-16-9-11-17(24)12-10-16)21(27-20)14(2)15-7-5-4-6-8-15/h4-8,13-14,16-17,24H,3,9-12H2,1-2H3,(H,23,26)/t14-,16?,17?/m0/s1. The molecule has 1 fully saturated rings. The molecular weight excluding hydrogens is 342 g/mol. The number of aliphatic hydroxyl groups is 1. The highest BCUT2D eigenvalue weighted by Crippen LogP contribution is 2.30. The lowest BCUT2D eigenvalue weighted by Crippen LogP contribution is -2.38. The molecule has 1 saturated carbocycles. The maximum Gasteiger partial charge on any atom is 0.255 e. The molecule has 144 valence electrons. The van der Waals surface area contributed by atoms with Gasteiger partial charge in [0.1, 0.15) is 5.76 Å². The van der Waals surface area contributed by atoms with E-state index in [1.165, 1.54) is 0 Å². The molecule has 5 nitrogen and oxygen atoms in total. The lowest BCUT2D eigenvalue weighted by molar-refractivity contribution is 0.0865. The predicted molar refractivity (Wildman–Crippen MR) is 103 cm³/mol. The van der Waals surface area contributed by atoms with Gasteiger partial charge in [0, 0.05) is 24.4 Å². The number of rotatable bonds is 6. The van der Waals surface area contributed by atoms with Gasteiger partial charge in [-0.2, -0.15) is 0 Å². The molecule has 27 heavy (non-hydrogen) atoms. The lowest BCUT2D eigenvalue weighted by Gasteiger charge is -2.26. The average Bonchev–Trinajstić information content (AvgIpc) is 3.15. The molecule has 1 aliphatic rings. The summed E-state index contributed by atoms with van der Waals surface area (Å²) in [6.45, 7) is 3.75. The van der Waals surface area contributed by atoms with Gasteiger partial charge in [0.25, 0.3) is 5.91 Å². The van der Waals surface area contributed by atoms with Crippen molar-refractivity contribution in [2.45, 2.75) is 64.0 Å². The highest BCUT2D eigenvalue weighted by Gasteiger charge is 2.28. The van der Waals surface area contributed by atoms with Crippen LogP contribution < -0.4 is 5.32 Å². The normalized spacial score (nSPS) is 20.9. The van der Waals surface area contributed by atoms with Crippen LogP contribution in [0.1, 0.15) is 84.1 Å². The van der Waals surface area contributed by atoms with Gasteiger partial charge in [-0.3, -0.25) is 9.59 Å². The predicted octanol–water partition coefficient (Wildman–Crippen LogP) is 4.06. The van der Waals surface area contributed by atoms with Crippen LogP contribution >= 0.6 is 0 Å². The smallest absolute Gasteiger partial charge is 0.255 e. The largest absolute Gasteiger partial charge is 0.456 e. The summed E-state index contributed by atoms with van der Waals surface area (Å²) >= 11 is 0. The van der Waals surface area contributed by atoms with Crippen molar-refractivity contribution in [1.82, 2.24) is 5.32 Å². The van der Waals surface area contributed by atoms with Gasteiger partial charge in [0.15, 0.2) is 11.5 Å². The molecule has 1 aromatic carbocycles. The van der Waals surface area contributed by atoms with Gasteiger partial charge in [-0.15, -0.1) is 0 Å². The molecule has 0 radical (unpaired) electrons. The van der Waals surface area contributed by atoms with Gasteiger partial charge in [-0.25, -0.2) is 0 Å². The number of carbonyl (C=O) groups is 2. The number of carbonyl (C=O) groups excluding carboxylic acids is 2. The van der Waals surface area contributed by atoms with E-state index in [0.717, 1.165) is 18.4 Å². The van der Waals surface area contributed by atoms with Crippen LogP contribution in [0.15, 0.2) is 40.8 Å². The molecule has 0 saturated heterocycles. The number of furan rings is 1. The van der Waals surface area contributed by atoms with E-state index in [1.807, 2.05) is 37.3 Å². The zero-order chi connectivity index (χ0) is 19.4. The minimum atomic E-state index is -0.269. The SMILES string of the molecule is CCC(=O)c1cc(C(=O)NC2CCC(O)CC2)c([C@@H](C)c2ccccc2)o1. The molecule has 0 bridgehead atoms. The Labute approximate surface area is 159 Å². The van der Waals surface area contributed by atoms with Crippen LogP contribution in [0.2, 0.25) is 0 Å². The second-order valence-corrected chi connectivity index (χ2v) is 7.28. The number of amides is 1. The molecule has 1 aromatic heterocycles. The second-order valence-electron chi connectivity index (χ2n) is 7.28. The molecule has 3 rings (SSSR count). The highest BCUT2D eigenvalue weighted by atomic mass is 16.3. The Hall–Kier alpha value is -2.40. The molecule has 1 aliphatic carbocycles. The Bertz CT molecular complexity index is 788. The molecule has 1 amide bonds. The molecule has 0 spiro atoms. The number of aliphatic hydroxyl groups excluding tert-OH is 1. The first-order chi connectivity index (χ1) is 13.0. The van der Waals surface area contributed by atoms with Gasteiger partial charge in [0.2, 0.25) is 0 Å². The topological polar surface area (TPSA) is 79.5 Å². The first kappa shape index (κ1) is 19.4. The number of benzene rings is 1. The average molecular weight is 369 g/mol. The third-order valence-electron chi connectivity index (χ3n) is 5.33. The van der Waals surface area contributed by atoms with Gasteiger partial charge in [-0.1, -0.05) is 44.2 Å². The molecule has 2 N–H and O–H groups in total. The molecule has 2 aromatic rings. The highest BCUT2D eigenvalue weighted by molar-refractivity contribution is 6.00. The van der Waals surface area contributed by atoms with Gasteiger partial charge >= 0.3 is 0 Å². The number of hydrogen-bond donors (Lipinski definition) is 2. The van der Waals surface area contributed by atoms with Crippen molar-refractivity contribution in [2.75, 3.05) is 0 Å². The van der Waals surface area contributed by atoms with Crippen LogP contribution in [0.25, 0.3) is 0 Å². The van der Waals surface area contributed by atoms with Crippen molar-refractivity contribution in [2.24, 2.45) is 0 Å². The number of hydrogen-bond acceptors (Lipinski definition) is 4. The van der Waals surface area contributed by atoms with Crippen molar-refractivity contribution < 1.29 is 19.1 Å². The van der Waals surface area contributed by atoms with Crippen molar-refractivity contribution >= 4 is 11.7 Å². The Morgan fingerprint density at radius 1 is 1.19 bits per heavy atom. The monoisotopic (exact) mass is 369 g/mol. The summed E-state index contributed by atoms with van der Waals surface area (Å²) in [6, 6.07) is 11.4. The van der Waals surface area contributed by atoms with Gasteiger partial charge in [-0.05, 0) is 31.2 Å². The van der Waals surface area contributed by atoms with E-state index in [0.29, 0.717) is 30.6 Å². The summed E-state index contributed by atoms with van der Waals surface area (Å²) in [6.07, 6.45) is 2.97. The van der Waals surface area contributed by atoms with E-state index in [4.69, 9.17) is 4.42 Å². The maximum atomic E-state index is 12.9. The molecular formula is C22H27NO4. The summed E-state index contributed by atoms with van der Waals surface area (Å²) in [4.78, 5) is 25.1. The van der Waals surface area contributed by atoms with E-state index < -0.39 is 0 Å². The van der Waals surface area contributed by atoms with Crippen molar-refractivity contribution in [3.05, 3.63) is 59.0 Å². The van der Waals surface area contributed by atoms with Crippen molar-refractivity contribution in [3.63, 3.8) is 0 Å². The van der Waals surface area contributed by atoms with Crippen LogP contribution in [0.4, 0.5) is 0 Å². The minimum Gasteiger partial charge on any atom is -0.456 e. The first-order valence-electron chi connectivity index (χ1n) is 9.70. The fraction of sp³-hybridized carbons (Fsp3) is 0.455. The number of Topliss-reactive ketones (excluding diaryl/α,β-unsaturated/α-hetero) is 1. The minimum absolute atomic E-state index is 0.0426. The van der Waals surface area contributed by atoms with E-state index in [9.17, 15) is 14.7 Å². The molecule has 1 heterocycles. The van der Waals surface area contributed by atoms with E-state index >= 15 is 0 Å². The zero-order valence-electron chi connectivity index (χ0n) is 15.9. The Balaban J connectivity index is 1.87. The Morgan fingerprint density at radius 3 is 2.48 bits per heavy atom. The second kappa shape index (κ2) is 8.53. The lowest BCUT2D eigenvalue weighted by atomic mass is 9.92. The Kier molecular flexibility index (Phi) is 6.11. The van der Waals surface area contributed by atoms with Crippen LogP contribution in [0.5, 0.6) is 0 Å². The fourth-order valence-corrected chi connectivity index (χ4v) is 3.59. The van der Waals surface area contributed by atoms with Gasteiger partial charge in [0.05, 0.1) is 11.7 Å². The summed E-state index contributed by atoms with van der Waals surface area (Å²) < 4.78 is 5.86. The summed E-state index contributed by atoms with van der Waals surface area (Å²) in [7, 11) is 0. The summed E-state index contributed by atoms with van der Waals surface area (Å²) in [5.41, 5.74) is 1.45. The molecule has 0 unspecified atom stereocenters. The van der Waals surface area contributed by atoms with Crippen LogP contribution in [0.3, 0.4) is 0 Å². The van der Waals surface area contributed by atoms with Crippen molar-refractivity contribution in [3.8, 4) is 0 Å². The Morgan fingerprint density at radius 2 is 1.85 bits per heavy atom.